The van der Waals surface area contributed by atoms with E-state index in [0.29, 0.717) is 23.5 Å². The minimum atomic E-state index is -0.389. The van der Waals surface area contributed by atoms with Crippen LogP contribution in [0.5, 0.6) is 0 Å². The number of amides is 1. The summed E-state index contributed by atoms with van der Waals surface area (Å²) < 4.78 is 13.2. The van der Waals surface area contributed by atoms with Crippen LogP contribution in [0.3, 0.4) is 0 Å². The fourth-order valence-electron chi connectivity index (χ4n) is 2.82. The van der Waals surface area contributed by atoms with Gasteiger partial charge in [0.2, 0.25) is 5.91 Å². The van der Waals surface area contributed by atoms with Gasteiger partial charge in [-0.1, -0.05) is 0 Å². The first-order valence-electron chi connectivity index (χ1n) is 8.08. The number of hydrogen-bond donors (Lipinski definition) is 1. The van der Waals surface area contributed by atoms with Crippen molar-refractivity contribution in [2.24, 2.45) is 0 Å². The molecule has 3 aromatic heterocycles. The second kappa shape index (κ2) is 6.52. The zero-order chi connectivity index (χ0) is 17.2. The molecule has 0 saturated carbocycles. The molecule has 4 heterocycles. The maximum atomic E-state index is 12.5. The van der Waals surface area contributed by atoms with Crippen LogP contribution in [-0.4, -0.2) is 44.6 Å². The Morgan fingerprint density at radius 2 is 2.36 bits per heavy atom. The molecule has 1 saturated heterocycles. The number of rotatable bonds is 5. The second-order valence-electron chi connectivity index (χ2n) is 5.87. The standard InChI is InChI=1S/C16H17N5O4/c22-15(17-8-11-3-1-5-24-11)9-20-16(23)13-7-12(14-4-2-6-25-14)19-21(13)10-18-20/h2,4,6-7,10-11H,1,3,5,8-9H2,(H,17,22)/t11-/m1/s1. The molecule has 9 nitrogen and oxygen atoms in total. The number of aromatic nitrogens is 4. The van der Waals surface area contributed by atoms with Gasteiger partial charge in [0.15, 0.2) is 5.76 Å². The molecular formula is C16H17N5O4. The van der Waals surface area contributed by atoms with Gasteiger partial charge in [0.1, 0.15) is 24.1 Å². The first-order valence-corrected chi connectivity index (χ1v) is 8.08. The van der Waals surface area contributed by atoms with Gasteiger partial charge >= 0.3 is 0 Å². The fourth-order valence-corrected chi connectivity index (χ4v) is 2.82. The zero-order valence-electron chi connectivity index (χ0n) is 13.4. The van der Waals surface area contributed by atoms with Crippen LogP contribution in [0.2, 0.25) is 0 Å². The molecule has 130 valence electrons. The highest BCUT2D eigenvalue weighted by atomic mass is 16.5. The number of nitrogens with one attached hydrogen (secondary N) is 1. The minimum Gasteiger partial charge on any atom is -0.463 e. The summed E-state index contributed by atoms with van der Waals surface area (Å²) in [5.41, 5.74) is 0.470. The largest absolute Gasteiger partial charge is 0.463 e. The molecule has 9 heteroatoms. The van der Waals surface area contributed by atoms with Gasteiger partial charge in [-0.05, 0) is 25.0 Å². The van der Waals surface area contributed by atoms with E-state index in [4.69, 9.17) is 9.15 Å². The number of hydrogen-bond acceptors (Lipinski definition) is 6. The Kier molecular flexibility index (Phi) is 4.06. The average molecular weight is 343 g/mol. The number of carbonyl (C=O) groups is 1. The molecule has 1 N–H and O–H groups in total. The topological polar surface area (TPSA) is 104 Å². The smallest absolute Gasteiger partial charge is 0.293 e. The first kappa shape index (κ1) is 15.6. The molecule has 0 aromatic carbocycles. The van der Waals surface area contributed by atoms with Gasteiger partial charge in [0.05, 0.1) is 12.4 Å². The molecule has 4 rings (SSSR count). The van der Waals surface area contributed by atoms with E-state index in [2.05, 4.69) is 15.5 Å². The monoisotopic (exact) mass is 343 g/mol. The molecule has 25 heavy (non-hydrogen) atoms. The number of nitrogens with zero attached hydrogens (tertiary/aromatic N) is 4. The molecule has 1 aliphatic rings. The second-order valence-corrected chi connectivity index (χ2v) is 5.87. The Labute approximate surface area is 142 Å². The quantitative estimate of drug-likeness (QED) is 0.721. The van der Waals surface area contributed by atoms with E-state index < -0.39 is 0 Å². The summed E-state index contributed by atoms with van der Waals surface area (Å²) in [4.78, 5) is 24.6. The van der Waals surface area contributed by atoms with Crippen LogP contribution in [0.15, 0.2) is 40.0 Å². The molecule has 1 atom stereocenters. The summed E-state index contributed by atoms with van der Waals surface area (Å²) in [6, 6.07) is 5.12. The van der Waals surface area contributed by atoms with Gasteiger partial charge in [0.25, 0.3) is 5.56 Å². The number of furan rings is 1. The minimum absolute atomic E-state index is 0.0572. The molecule has 0 radical (unpaired) electrons. The van der Waals surface area contributed by atoms with Crippen LogP contribution in [0.4, 0.5) is 0 Å². The number of carbonyl (C=O) groups excluding carboxylic acids is 1. The van der Waals surface area contributed by atoms with Gasteiger partial charge in [-0.25, -0.2) is 9.20 Å². The van der Waals surface area contributed by atoms with E-state index in [0.717, 1.165) is 24.1 Å². The van der Waals surface area contributed by atoms with Crippen molar-refractivity contribution in [1.82, 2.24) is 24.7 Å². The Morgan fingerprint density at radius 3 is 3.12 bits per heavy atom. The molecule has 1 aliphatic heterocycles. The molecule has 0 bridgehead atoms. The Balaban J connectivity index is 1.50. The maximum Gasteiger partial charge on any atom is 0.293 e. The van der Waals surface area contributed by atoms with Gasteiger partial charge in [-0.2, -0.15) is 10.2 Å². The average Bonchev–Trinajstić information content (AvgIpc) is 3.36. The van der Waals surface area contributed by atoms with Crippen LogP contribution in [0, 0.1) is 0 Å². The highest BCUT2D eigenvalue weighted by Gasteiger charge is 2.17. The zero-order valence-corrected chi connectivity index (χ0v) is 13.4. The van der Waals surface area contributed by atoms with Crippen molar-refractivity contribution in [2.75, 3.05) is 13.2 Å². The van der Waals surface area contributed by atoms with Crippen LogP contribution >= 0.6 is 0 Å². The van der Waals surface area contributed by atoms with Crippen molar-refractivity contribution in [1.29, 1.82) is 0 Å². The molecule has 0 unspecified atom stereocenters. The normalized spacial score (nSPS) is 17.2. The van der Waals surface area contributed by atoms with Gasteiger partial charge in [-0.15, -0.1) is 0 Å². The Bertz CT molecular complexity index is 937. The van der Waals surface area contributed by atoms with Gasteiger partial charge in [0, 0.05) is 19.2 Å². The molecule has 3 aromatic rings. The SMILES string of the molecule is O=C(Cn1ncn2nc(-c3ccco3)cc2c1=O)NC[C@H]1CCCO1. The highest BCUT2D eigenvalue weighted by Crippen LogP contribution is 2.18. The third-order valence-corrected chi connectivity index (χ3v) is 4.11. The summed E-state index contributed by atoms with van der Waals surface area (Å²) in [7, 11) is 0. The number of ether oxygens (including phenoxy) is 1. The van der Waals surface area contributed by atoms with Crippen molar-refractivity contribution in [3.05, 3.63) is 41.1 Å². The van der Waals surface area contributed by atoms with Crippen molar-refractivity contribution in [3.63, 3.8) is 0 Å². The van der Waals surface area contributed by atoms with E-state index in [1.54, 1.807) is 18.2 Å². The lowest BCUT2D eigenvalue weighted by atomic mass is 10.2. The lowest BCUT2D eigenvalue weighted by Gasteiger charge is -2.11. The van der Waals surface area contributed by atoms with Crippen molar-refractivity contribution in [3.8, 4) is 11.5 Å². The summed E-state index contributed by atoms with van der Waals surface area (Å²) in [5, 5.41) is 11.0. The van der Waals surface area contributed by atoms with Crippen LogP contribution in [0.25, 0.3) is 17.0 Å². The summed E-state index contributed by atoms with van der Waals surface area (Å²) in [6.07, 6.45) is 4.94. The van der Waals surface area contributed by atoms with Crippen LogP contribution < -0.4 is 10.9 Å². The predicted octanol–water partition coefficient (Wildman–Crippen LogP) is 0.446. The molecular weight excluding hydrogens is 326 g/mol. The van der Waals surface area contributed by atoms with Gasteiger partial charge < -0.3 is 14.5 Å². The van der Waals surface area contributed by atoms with Crippen LogP contribution in [0.1, 0.15) is 12.8 Å². The highest BCUT2D eigenvalue weighted by molar-refractivity contribution is 5.75. The Morgan fingerprint density at radius 1 is 1.44 bits per heavy atom. The molecule has 0 aliphatic carbocycles. The third-order valence-electron chi connectivity index (χ3n) is 4.11. The first-order chi connectivity index (χ1) is 12.2. The molecule has 1 amide bonds. The van der Waals surface area contributed by atoms with Crippen molar-refractivity contribution in [2.45, 2.75) is 25.5 Å². The maximum absolute atomic E-state index is 12.5. The predicted molar refractivity (Wildman–Crippen MR) is 86.9 cm³/mol. The lowest BCUT2D eigenvalue weighted by Crippen LogP contribution is -2.37. The van der Waals surface area contributed by atoms with E-state index in [1.165, 1.54) is 17.1 Å². The molecule has 0 spiro atoms. The van der Waals surface area contributed by atoms with Crippen LogP contribution in [-0.2, 0) is 16.1 Å². The fraction of sp³-hybridized carbons (Fsp3) is 0.375. The van der Waals surface area contributed by atoms with Crippen molar-refractivity contribution < 1.29 is 13.9 Å². The Hall–Kier alpha value is -2.94. The summed E-state index contributed by atoms with van der Waals surface area (Å²) in [6.45, 7) is 1.03. The number of fused-ring (bicyclic) bond motifs is 1. The van der Waals surface area contributed by atoms with E-state index in [9.17, 15) is 9.59 Å². The van der Waals surface area contributed by atoms with E-state index >= 15 is 0 Å². The van der Waals surface area contributed by atoms with E-state index in [-0.39, 0.29) is 24.1 Å². The third kappa shape index (κ3) is 3.18. The lowest BCUT2D eigenvalue weighted by molar-refractivity contribution is -0.122. The van der Waals surface area contributed by atoms with E-state index in [1.807, 2.05) is 0 Å². The summed E-state index contributed by atoms with van der Waals surface area (Å²) in [5.74, 6) is 0.282. The van der Waals surface area contributed by atoms with Crippen molar-refractivity contribution >= 4 is 11.4 Å². The van der Waals surface area contributed by atoms with Gasteiger partial charge in [-0.3, -0.25) is 9.59 Å². The summed E-state index contributed by atoms with van der Waals surface area (Å²) >= 11 is 0. The molecule has 1 fully saturated rings.